The van der Waals surface area contributed by atoms with Gasteiger partial charge < -0.3 is 9.80 Å². The first kappa shape index (κ1) is 34.5. The van der Waals surface area contributed by atoms with Crippen LogP contribution >= 0.6 is 0 Å². The summed E-state index contributed by atoms with van der Waals surface area (Å²) in [7, 11) is 0. The SMILES string of the molecule is Cc1ccccc1N(c1ccc(C#N)cc1)c1cc2c(C(C)C)cc(N(c3ccc(C#N)cc3)c3ccccc3C)c3ccc4c(C(C)C)ccc1c4c23. The number of anilines is 6. The van der Waals surface area contributed by atoms with Crippen LogP contribution in [0.3, 0.4) is 0 Å². The Morgan fingerprint density at radius 2 is 0.852 bits per heavy atom. The summed E-state index contributed by atoms with van der Waals surface area (Å²) in [6.07, 6.45) is 0. The predicted molar refractivity (Wildman–Crippen MR) is 227 cm³/mol. The van der Waals surface area contributed by atoms with Crippen LogP contribution in [-0.2, 0) is 0 Å². The van der Waals surface area contributed by atoms with Gasteiger partial charge >= 0.3 is 0 Å². The van der Waals surface area contributed by atoms with Crippen molar-refractivity contribution in [1.29, 1.82) is 10.5 Å². The van der Waals surface area contributed by atoms with Crippen LogP contribution in [0.1, 0.15) is 72.9 Å². The number of nitrogens with zero attached hydrogens (tertiary/aromatic N) is 4. The fourth-order valence-electron chi connectivity index (χ4n) is 8.16. The molecule has 8 rings (SSSR count). The summed E-state index contributed by atoms with van der Waals surface area (Å²) in [5.41, 5.74) is 12.6. The highest BCUT2D eigenvalue weighted by atomic mass is 15.2. The molecule has 0 aliphatic rings. The molecule has 54 heavy (non-hydrogen) atoms. The van der Waals surface area contributed by atoms with Gasteiger partial charge in [-0.25, -0.2) is 0 Å². The average molecular weight is 699 g/mol. The Labute approximate surface area is 318 Å². The third kappa shape index (κ3) is 5.69. The summed E-state index contributed by atoms with van der Waals surface area (Å²) in [5.74, 6) is 0.544. The van der Waals surface area contributed by atoms with Gasteiger partial charge in [0.15, 0.2) is 0 Å². The fraction of sp³-hybridized carbons (Fsp3) is 0.160. The highest BCUT2D eigenvalue weighted by Gasteiger charge is 2.27. The first-order valence-corrected chi connectivity index (χ1v) is 18.7. The van der Waals surface area contributed by atoms with E-state index in [1.807, 2.05) is 24.3 Å². The number of rotatable bonds is 8. The normalized spacial score (nSPS) is 11.4. The Bertz CT molecular complexity index is 2760. The van der Waals surface area contributed by atoms with E-state index in [0.29, 0.717) is 17.0 Å². The van der Waals surface area contributed by atoms with Crippen molar-refractivity contribution in [3.63, 3.8) is 0 Å². The largest absolute Gasteiger partial charge is 0.310 e. The average Bonchev–Trinajstić information content (AvgIpc) is 3.19. The van der Waals surface area contributed by atoms with Crippen molar-refractivity contribution in [3.05, 3.63) is 167 Å². The van der Waals surface area contributed by atoms with Gasteiger partial charge in [-0.05, 0) is 142 Å². The monoisotopic (exact) mass is 698 g/mol. The maximum Gasteiger partial charge on any atom is 0.0991 e. The van der Waals surface area contributed by atoms with Crippen LogP contribution in [0.4, 0.5) is 34.1 Å². The van der Waals surface area contributed by atoms with Crippen molar-refractivity contribution >= 4 is 66.4 Å². The van der Waals surface area contributed by atoms with E-state index >= 15 is 0 Å². The number of hydrogen-bond donors (Lipinski definition) is 0. The smallest absolute Gasteiger partial charge is 0.0991 e. The maximum absolute atomic E-state index is 9.68. The third-order valence-electron chi connectivity index (χ3n) is 10.9. The number of benzene rings is 8. The summed E-state index contributed by atoms with van der Waals surface area (Å²) >= 11 is 0. The second-order valence-corrected chi connectivity index (χ2v) is 14.9. The minimum Gasteiger partial charge on any atom is -0.310 e. The van der Waals surface area contributed by atoms with E-state index < -0.39 is 0 Å². The van der Waals surface area contributed by atoms with Crippen molar-refractivity contribution < 1.29 is 0 Å². The summed E-state index contributed by atoms with van der Waals surface area (Å²) in [4.78, 5) is 4.74. The molecule has 0 amide bonds. The lowest BCUT2D eigenvalue weighted by Crippen LogP contribution is -2.14. The third-order valence-corrected chi connectivity index (χ3v) is 10.9. The molecule has 0 fully saturated rings. The molecule has 0 unspecified atom stereocenters. The molecule has 0 bridgehead atoms. The zero-order valence-electron chi connectivity index (χ0n) is 31.6. The summed E-state index contributed by atoms with van der Waals surface area (Å²) in [5, 5.41) is 26.7. The second-order valence-electron chi connectivity index (χ2n) is 14.9. The van der Waals surface area contributed by atoms with E-state index in [1.165, 1.54) is 49.0 Å². The van der Waals surface area contributed by atoms with Crippen molar-refractivity contribution in [3.8, 4) is 12.1 Å². The van der Waals surface area contributed by atoms with Crippen LogP contribution in [0.25, 0.3) is 32.3 Å². The molecule has 4 heteroatoms. The molecular weight excluding hydrogens is 657 g/mol. The van der Waals surface area contributed by atoms with Gasteiger partial charge in [0.05, 0.1) is 34.6 Å². The van der Waals surface area contributed by atoms with E-state index in [2.05, 4.69) is 173 Å². The van der Waals surface area contributed by atoms with E-state index in [1.54, 1.807) is 0 Å². The van der Waals surface area contributed by atoms with Gasteiger partial charge in [0.1, 0.15) is 0 Å². The van der Waals surface area contributed by atoms with Gasteiger partial charge in [-0.1, -0.05) is 88.4 Å². The second kappa shape index (κ2) is 13.7. The lowest BCUT2D eigenvalue weighted by Gasteiger charge is -2.32. The lowest BCUT2D eigenvalue weighted by molar-refractivity contribution is 0.875. The van der Waals surface area contributed by atoms with Gasteiger partial charge in [0.2, 0.25) is 0 Å². The molecule has 0 N–H and O–H groups in total. The summed E-state index contributed by atoms with van der Waals surface area (Å²) in [6, 6.07) is 51.6. The molecule has 4 nitrogen and oxygen atoms in total. The van der Waals surface area contributed by atoms with Crippen molar-refractivity contribution in [2.75, 3.05) is 9.80 Å². The van der Waals surface area contributed by atoms with E-state index in [9.17, 15) is 10.5 Å². The van der Waals surface area contributed by atoms with Crippen LogP contribution in [0.2, 0.25) is 0 Å². The topological polar surface area (TPSA) is 54.1 Å². The minimum absolute atomic E-state index is 0.215. The number of aryl methyl sites for hydroxylation is 2. The van der Waals surface area contributed by atoms with Crippen LogP contribution in [-0.4, -0.2) is 0 Å². The van der Waals surface area contributed by atoms with E-state index in [-0.39, 0.29) is 5.92 Å². The van der Waals surface area contributed by atoms with E-state index in [4.69, 9.17) is 0 Å². The molecule has 0 aliphatic heterocycles. The molecule has 0 spiro atoms. The molecule has 8 aromatic rings. The van der Waals surface area contributed by atoms with Crippen molar-refractivity contribution in [2.24, 2.45) is 0 Å². The minimum atomic E-state index is 0.215. The maximum atomic E-state index is 9.68. The zero-order chi connectivity index (χ0) is 37.7. The first-order chi connectivity index (χ1) is 26.2. The molecule has 0 radical (unpaired) electrons. The summed E-state index contributed by atoms with van der Waals surface area (Å²) in [6.45, 7) is 13.5. The lowest BCUT2D eigenvalue weighted by atomic mass is 9.84. The van der Waals surface area contributed by atoms with E-state index in [0.717, 1.165) is 39.7 Å². The van der Waals surface area contributed by atoms with Crippen molar-refractivity contribution in [2.45, 2.75) is 53.4 Å². The Balaban J connectivity index is 1.53. The van der Waals surface area contributed by atoms with Gasteiger partial charge in [-0.3, -0.25) is 0 Å². The molecule has 0 saturated heterocycles. The molecule has 0 atom stereocenters. The predicted octanol–water partition coefficient (Wildman–Crippen LogP) is 14.1. The number of nitriles is 2. The van der Waals surface area contributed by atoms with Gasteiger partial charge in [0.25, 0.3) is 0 Å². The quantitative estimate of drug-likeness (QED) is 0.148. The summed E-state index contributed by atoms with van der Waals surface area (Å²) < 4.78 is 0. The molecule has 0 aliphatic carbocycles. The van der Waals surface area contributed by atoms with Crippen LogP contribution in [0, 0.1) is 36.5 Å². The fourth-order valence-corrected chi connectivity index (χ4v) is 8.16. The van der Waals surface area contributed by atoms with Crippen molar-refractivity contribution in [1.82, 2.24) is 0 Å². The highest BCUT2D eigenvalue weighted by molar-refractivity contribution is 6.30. The Hall–Kier alpha value is -6.62. The van der Waals surface area contributed by atoms with Crippen LogP contribution in [0.5, 0.6) is 0 Å². The molecule has 0 heterocycles. The molecule has 8 aromatic carbocycles. The molecule has 0 aromatic heterocycles. The Kier molecular flexibility index (Phi) is 8.77. The van der Waals surface area contributed by atoms with Gasteiger partial charge in [-0.2, -0.15) is 10.5 Å². The van der Waals surface area contributed by atoms with Crippen LogP contribution in [0.15, 0.2) is 133 Å². The number of para-hydroxylation sites is 2. The van der Waals surface area contributed by atoms with Gasteiger partial charge in [-0.15, -0.1) is 0 Å². The molecular formula is C50H42N4. The highest BCUT2D eigenvalue weighted by Crippen LogP contribution is 2.52. The molecule has 262 valence electrons. The zero-order valence-corrected chi connectivity index (χ0v) is 31.6. The standard InChI is InChI=1S/C50H42N4/c1-31(2)39-23-25-41-48(54(46-14-10-8-12-34(46)6)38-21-17-36(30-52)18-22-38)28-44-43(32(3)4)27-47(42-26-24-40(39)49(41)50(42)44)53(45-13-9-7-11-33(45)5)37-19-15-35(29-51)16-20-37/h7-28,31-32H,1-6H3. The number of hydrogen-bond acceptors (Lipinski definition) is 4. The molecule has 0 saturated carbocycles. The Morgan fingerprint density at radius 3 is 1.31 bits per heavy atom. The first-order valence-electron chi connectivity index (χ1n) is 18.7. The Morgan fingerprint density at radius 1 is 0.426 bits per heavy atom. The van der Waals surface area contributed by atoms with Gasteiger partial charge in [0, 0.05) is 33.5 Å². The van der Waals surface area contributed by atoms with Crippen LogP contribution < -0.4 is 9.80 Å².